The van der Waals surface area contributed by atoms with Gasteiger partial charge in [0.2, 0.25) is 5.95 Å². The lowest BCUT2D eigenvalue weighted by Gasteiger charge is -2.27. The number of aromatic nitrogens is 2. The van der Waals surface area contributed by atoms with E-state index in [2.05, 4.69) is 37.9 Å². The maximum Gasteiger partial charge on any atom is 0.223 e. The molecule has 1 heterocycles. The zero-order valence-corrected chi connectivity index (χ0v) is 11.3. The first-order valence-corrected chi connectivity index (χ1v) is 6.67. The molecule has 0 aliphatic heterocycles. The summed E-state index contributed by atoms with van der Waals surface area (Å²) in [5.74, 6) is 1.32. The number of hydrogen-bond donors (Lipinski definition) is 1. The fraction of sp³-hybridized carbons (Fsp3) is 0.600. The van der Waals surface area contributed by atoms with E-state index in [0.29, 0.717) is 11.8 Å². The predicted molar refractivity (Wildman–Crippen MR) is 70.3 cm³/mol. The van der Waals surface area contributed by atoms with E-state index < -0.39 is 0 Å². The van der Waals surface area contributed by atoms with Crippen molar-refractivity contribution in [2.24, 2.45) is 0 Å². The van der Waals surface area contributed by atoms with Gasteiger partial charge in [0, 0.05) is 21.8 Å². The Morgan fingerprint density at radius 3 is 2.47 bits per heavy atom. The average molecular weight is 338 g/mol. The van der Waals surface area contributed by atoms with Crippen LogP contribution in [0.2, 0.25) is 0 Å². The Bertz CT molecular complexity index is 322. The van der Waals surface area contributed by atoms with Gasteiger partial charge in [-0.15, -0.1) is 11.6 Å². The van der Waals surface area contributed by atoms with Crippen LogP contribution in [0.1, 0.15) is 25.7 Å². The van der Waals surface area contributed by atoms with Gasteiger partial charge in [0.05, 0.1) is 5.54 Å². The first-order valence-electron chi connectivity index (χ1n) is 5.06. The van der Waals surface area contributed by atoms with Crippen LogP contribution in [0.4, 0.5) is 5.95 Å². The van der Waals surface area contributed by atoms with Crippen LogP contribution in [-0.2, 0) is 0 Å². The molecular weight excluding hydrogens is 324 g/mol. The van der Waals surface area contributed by atoms with Crippen LogP contribution in [0.15, 0.2) is 12.4 Å². The van der Waals surface area contributed by atoms with Gasteiger partial charge < -0.3 is 5.32 Å². The molecule has 0 spiro atoms. The van der Waals surface area contributed by atoms with Gasteiger partial charge in [0.25, 0.3) is 0 Å². The van der Waals surface area contributed by atoms with Crippen molar-refractivity contribution in [2.75, 3.05) is 11.2 Å². The SMILES string of the molecule is ClCC1(Nc2ncc(I)cn2)CCCC1. The van der Waals surface area contributed by atoms with Gasteiger partial charge in [-0.2, -0.15) is 0 Å². The summed E-state index contributed by atoms with van der Waals surface area (Å²) in [5.41, 5.74) is 0.0222. The van der Waals surface area contributed by atoms with Crippen molar-refractivity contribution in [1.29, 1.82) is 0 Å². The molecule has 0 aromatic carbocycles. The Morgan fingerprint density at radius 2 is 1.93 bits per heavy atom. The van der Waals surface area contributed by atoms with Crippen LogP contribution >= 0.6 is 34.2 Å². The van der Waals surface area contributed by atoms with Crippen molar-refractivity contribution in [2.45, 2.75) is 31.2 Å². The third kappa shape index (κ3) is 2.72. The van der Waals surface area contributed by atoms with Gasteiger partial charge in [-0.1, -0.05) is 12.8 Å². The summed E-state index contributed by atoms with van der Waals surface area (Å²) in [7, 11) is 0. The minimum absolute atomic E-state index is 0.0222. The maximum atomic E-state index is 6.03. The number of nitrogens with zero attached hydrogens (tertiary/aromatic N) is 2. The molecule has 1 aromatic heterocycles. The van der Waals surface area contributed by atoms with Crippen LogP contribution < -0.4 is 5.32 Å². The molecule has 1 fully saturated rings. The molecule has 3 nitrogen and oxygen atoms in total. The minimum atomic E-state index is 0.0222. The molecule has 0 unspecified atom stereocenters. The summed E-state index contributed by atoms with van der Waals surface area (Å²) in [6.45, 7) is 0. The first kappa shape index (κ1) is 11.4. The second-order valence-electron chi connectivity index (χ2n) is 3.97. The standard InChI is InChI=1S/C10H13ClIN3/c11-7-10(3-1-2-4-10)15-9-13-5-8(12)6-14-9/h5-6H,1-4,7H2,(H,13,14,15). The Kier molecular flexibility index (Phi) is 3.66. The largest absolute Gasteiger partial charge is 0.348 e. The maximum absolute atomic E-state index is 6.03. The van der Waals surface area contributed by atoms with E-state index in [4.69, 9.17) is 11.6 Å². The highest BCUT2D eigenvalue weighted by Crippen LogP contribution is 2.33. The average Bonchev–Trinajstić information content (AvgIpc) is 2.71. The summed E-state index contributed by atoms with van der Waals surface area (Å²) in [6.07, 6.45) is 8.34. The van der Waals surface area contributed by atoms with E-state index in [1.807, 2.05) is 12.4 Å². The smallest absolute Gasteiger partial charge is 0.223 e. The third-order valence-electron chi connectivity index (χ3n) is 2.81. The molecule has 0 radical (unpaired) electrons. The van der Waals surface area contributed by atoms with Crippen LogP contribution in [-0.4, -0.2) is 21.4 Å². The normalized spacial score (nSPS) is 19.1. The zero-order valence-electron chi connectivity index (χ0n) is 8.34. The van der Waals surface area contributed by atoms with Gasteiger partial charge in [-0.05, 0) is 35.4 Å². The quantitative estimate of drug-likeness (QED) is 0.680. The van der Waals surface area contributed by atoms with Gasteiger partial charge in [0.15, 0.2) is 0 Å². The number of halogens is 2. The summed E-state index contributed by atoms with van der Waals surface area (Å²) in [5, 5.41) is 3.37. The van der Waals surface area contributed by atoms with Crippen LogP contribution in [0.25, 0.3) is 0 Å². The van der Waals surface area contributed by atoms with Crippen molar-refractivity contribution in [3.05, 3.63) is 16.0 Å². The monoisotopic (exact) mass is 337 g/mol. The fourth-order valence-corrected chi connectivity index (χ4v) is 2.57. The van der Waals surface area contributed by atoms with E-state index in [1.54, 1.807) is 0 Å². The Hall–Kier alpha value is -0.100. The summed E-state index contributed by atoms with van der Waals surface area (Å²) in [6, 6.07) is 0. The van der Waals surface area contributed by atoms with Gasteiger partial charge in [-0.25, -0.2) is 9.97 Å². The predicted octanol–water partition coefficient (Wildman–Crippen LogP) is 3.04. The second kappa shape index (κ2) is 4.82. The third-order valence-corrected chi connectivity index (χ3v) is 3.88. The van der Waals surface area contributed by atoms with Gasteiger partial charge in [0.1, 0.15) is 0 Å². The van der Waals surface area contributed by atoms with Crippen molar-refractivity contribution in [1.82, 2.24) is 9.97 Å². The van der Waals surface area contributed by atoms with Crippen LogP contribution in [0, 0.1) is 3.57 Å². The van der Waals surface area contributed by atoms with Crippen molar-refractivity contribution < 1.29 is 0 Å². The van der Waals surface area contributed by atoms with E-state index in [-0.39, 0.29) is 5.54 Å². The van der Waals surface area contributed by atoms with Crippen molar-refractivity contribution in [3.8, 4) is 0 Å². The topological polar surface area (TPSA) is 37.8 Å². The highest BCUT2D eigenvalue weighted by atomic mass is 127. The molecule has 2 rings (SSSR count). The van der Waals surface area contributed by atoms with Crippen molar-refractivity contribution >= 4 is 40.1 Å². The first-order chi connectivity index (χ1) is 7.24. The molecule has 82 valence electrons. The Balaban J connectivity index is 2.09. The summed E-state index contributed by atoms with van der Waals surface area (Å²) >= 11 is 8.22. The van der Waals surface area contributed by atoms with E-state index >= 15 is 0 Å². The molecule has 1 N–H and O–H groups in total. The molecule has 0 saturated heterocycles. The van der Waals surface area contributed by atoms with E-state index in [1.165, 1.54) is 12.8 Å². The fourth-order valence-electron chi connectivity index (χ4n) is 1.96. The Labute approximate surface area is 108 Å². The number of rotatable bonds is 3. The molecular formula is C10H13ClIN3. The highest BCUT2D eigenvalue weighted by molar-refractivity contribution is 14.1. The Morgan fingerprint density at radius 1 is 1.33 bits per heavy atom. The van der Waals surface area contributed by atoms with Gasteiger partial charge in [-0.3, -0.25) is 0 Å². The van der Waals surface area contributed by atoms with Crippen molar-refractivity contribution in [3.63, 3.8) is 0 Å². The van der Waals surface area contributed by atoms with E-state index in [0.717, 1.165) is 16.4 Å². The molecule has 15 heavy (non-hydrogen) atoms. The van der Waals surface area contributed by atoms with Crippen LogP contribution in [0.5, 0.6) is 0 Å². The summed E-state index contributed by atoms with van der Waals surface area (Å²) < 4.78 is 1.05. The highest BCUT2D eigenvalue weighted by Gasteiger charge is 2.33. The molecule has 0 amide bonds. The lowest BCUT2D eigenvalue weighted by molar-refractivity contribution is 0.534. The lowest BCUT2D eigenvalue weighted by Crippen LogP contribution is -2.37. The second-order valence-corrected chi connectivity index (χ2v) is 5.48. The number of alkyl halides is 1. The van der Waals surface area contributed by atoms with E-state index in [9.17, 15) is 0 Å². The zero-order chi connectivity index (χ0) is 10.7. The molecule has 0 bridgehead atoms. The van der Waals surface area contributed by atoms with Crippen LogP contribution in [0.3, 0.4) is 0 Å². The molecule has 5 heteroatoms. The molecule has 1 aromatic rings. The molecule has 0 atom stereocenters. The molecule has 1 aliphatic carbocycles. The number of nitrogens with one attached hydrogen (secondary N) is 1. The summed E-state index contributed by atoms with van der Waals surface area (Å²) in [4.78, 5) is 8.49. The number of hydrogen-bond acceptors (Lipinski definition) is 3. The van der Waals surface area contributed by atoms with Gasteiger partial charge >= 0.3 is 0 Å². The lowest BCUT2D eigenvalue weighted by atomic mass is 10.0. The number of anilines is 1. The molecule has 1 aliphatic rings. The minimum Gasteiger partial charge on any atom is -0.348 e. The molecule has 1 saturated carbocycles.